The molecule has 194 valence electrons. The van der Waals surface area contributed by atoms with Crippen molar-refractivity contribution in [2.75, 3.05) is 20.3 Å². The van der Waals surface area contributed by atoms with Crippen molar-refractivity contribution in [1.29, 1.82) is 0 Å². The monoisotopic (exact) mass is 492 g/mol. The van der Waals surface area contributed by atoms with Crippen LogP contribution in [-0.2, 0) is 34.6 Å². The van der Waals surface area contributed by atoms with Gasteiger partial charge in [-0.3, -0.25) is 9.59 Å². The van der Waals surface area contributed by atoms with E-state index in [2.05, 4.69) is 13.8 Å². The zero-order valence-corrected chi connectivity index (χ0v) is 20.8. The lowest BCUT2D eigenvalue weighted by molar-refractivity contribution is -0.642. The van der Waals surface area contributed by atoms with Crippen molar-refractivity contribution < 1.29 is 43.8 Å². The van der Waals surface area contributed by atoms with Crippen LogP contribution in [0.2, 0.25) is 0 Å². The molecule has 1 aromatic rings. The molecule has 1 saturated heterocycles. The van der Waals surface area contributed by atoms with Crippen LogP contribution in [0.25, 0.3) is 0 Å². The number of ether oxygens (including phenoxy) is 3. The highest BCUT2D eigenvalue weighted by Gasteiger charge is 2.75. The van der Waals surface area contributed by atoms with Gasteiger partial charge in [0.25, 0.3) is 5.79 Å². The van der Waals surface area contributed by atoms with E-state index < -0.39 is 34.8 Å². The average molecular weight is 493 g/mol. The normalized spacial score (nSPS) is 36.1. The summed E-state index contributed by atoms with van der Waals surface area (Å²) in [5.74, 6) is -4.13. The molecular formula is C26H36O9. The molecule has 1 heterocycles. The minimum atomic E-state index is -1.47. The van der Waals surface area contributed by atoms with Gasteiger partial charge < -0.3 is 24.4 Å². The molecule has 1 aliphatic heterocycles. The number of rotatable bonds is 10. The molecule has 2 saturated carbocycles. The maximum atomic E-state index is 11.3. The van der Waals surface area contributed by atoms with Gasteiger partial charge in [-0.25, -0.2) is 4.89 Å². The zero-order valence-electron chi connectivity index (χ0n) is 20.8. The number of hydrogen-bond donors (Lipinski definition) is 2. The van der Waals surface area contributed by atoms with E-state index in [0.717, 1.165) is 24.2 Å². The van der Waals surface area contributed by atoms with Crippen molar-refractivity contribution >= 4 is 11.9 Å². The fraction of sp³-hybridized carbons (Fsp3) is 0.692. The molecule has 2 N–H and O–H groups in total. The van der Waals surface area contributed by atoms with Gasteiger partial charge in [0.1, 0.15) is 5.75 Å². The number of carboxylic acids is 2. The van der Waals surface area contributed by atoms with Gasteiger partial charge in [0.15, 0.2) is 11.5 Å². The first-order valence-corrected chi connectivity index (χ1v) is 12.4. The Morgan fingerprint density at radius 3 is 2.49 bits per heavy atom. The molecule has 6 atom stereocenters. The van der Waals surface area contributed by atoms with Gasteiger partial charge in [-0.1, -0.05) is 26.0 Å². The summed E-state index contributed by atoms with van der Waals surface area (Å²) >= 11 is 0. The summed E-state index contributed by atoms with van der Waals surface area (Å²) in [6.07, 6.45) is 3.03. The number of carboxylic acid groups (broad SMARTS) is 2. The molecule has 0 radical (unpaired) electrons. The lowest BCUT2D eigenvalue weighted by Gasteiger charge is -2.66. The van der Waals surface area contributed by atoms with E-state index in [9.17, 15) is 19.8 Å². The smallest absolute Gasteiger partial charge is 0.317 e. The van der Waals surface area contributed by atoms with Gasteiger partial charge in [0, 0.05) is 25.2 Å². The Kier molecular flexibility index (Phi) is 7.16. The van der Waals surface area contributed by atoms with E-state index in [1.807, 2.05) is 31.2 Å². The van der Waals surface area contributed by atoms with Crippen LogP contribution >= 0.6 is 0 Å². The fourth-order valence-electron chi connectivity index (χ4n) is 6.85. The van der Waals surface area contributed by atoms with E-state index in [4.69, 9.17) is 24.0 Å². The van der Waals surface area contributed by atoms with E-state index >= 15 is 0 Å². The van der Waals surface area contributed by atoms with Crippen molar-refractivity contribution in [3.63, 3.8) is 0 Å². The third kappa shape index (κ3) is 4.22. The summed E-state index contributed by atoms with van der Waals surface area (Å²) in [5, 5.41) is 18.4. The lowest BCUT2D eigenvalue weighted by atomic mass is 9.52. The minimum absolute atomic E-state index is 0.00653. The Bertz CT molecular complexity index is 929. The molecule has 3 aliphatic rings. The van der Waals surface area contributed by atoms with Gasteiger partial charge in [0.2, 0.25) is 0 Å². The number of methoxy groups -OCH3 is 1. The Labute approximate surface area is 205 Å². The van der Waals surface area contributed by atoms with Crippen molar-refractivity contribution in [3.8, 4) is 5.75 Å². The minimum Gasteiger partial charge on any atom is -0.494 e. The summed E-state index contributed by atoms with van der Waals surface area (Å²) in [4.78, 5) is 34.4. The van der Waals surface area contributed by atoms with Gasteiger partial charge in [-0.2, -0.15) is 4.89 Å². The quantitative estimate of drug-likeness (QED) is 0.369. The number of hydrogen-bond acceptors (Lipinski definition) is 7. The Morgan fingerprint density at radius 2 is 1.89 bits per heavy atom. The van der Waals surface area contributed by atoms with Crippen molar-refractivity contribution in [3.05, 3.63) is 29.8 Å². The van der Waals surface area contributed by atoms with Crippen LogP contribution in [0.1, 0.15) is 58.4 Å². The molecule has 2 aliphatic carbocycles. The third-order valence-corrected chi connectivity index (χ3v) is 8.08. The van der Waals surface area contributed by atoms with Crippen molar-refractivity contribution in [1.82, 2.24) is 0 Å². The van der Waals surface area contributed by atoms with E-state index in [-0.39, 0.29) is 24.9 Å². The average Bonchev–Trinajstić information content (AvgIpc) is 2.76. The van der Waals surface area contributed by atoms with E-state index in [0.29, 0.717) is 25.4 Å². The van der Waals surface area contributed by atoms with Gasteiger partial charge in [-0.05, 0) is 63.0 Å². The summed E-state index contributed by atoms with van der Waals surface area (Å²) < 4.78 is 18.2. The van der Waals surface area contributed by atoms with Crippen LogP contribution in [0.4, 0.5) is 0 Å². The Balaban J connectivity index is 1.60. The van der Waals surface area contributed by atoms with E-state index in [1.165, 1.54) is 0 Å². The molecule has 35 heavy (non-hydrogen) atoms. The second-order valence-corrected chi connectivity index (χ2v) is 10.3. The standard InChI is InChI=1S/C26H36O9/c1-5-32-20-8-6-7-18(12-20)26(31-4)25(34-35-26)17(3)14-24(13-16(2)11-19(25)15-24)33-10-9-21(22(27)28)23(29)30/h6-8,12,16-17,19,21H,5,9-11,13-15H2,1-4H3,(H,27,28)(H,29,30). The van der Waals surface area contributed by atoms with Crippen molar-refractivity contribution in [2.45, 2.75) is 69.9 Å². The number of benzene rings is 1. The van der Waals surface area contributed by atoms with Crippen LogP contribution < -0.4 is 4.74 Å². The first-order chi connectivity index (χ1) is 16.6. The van der Waals surface area contributed by atoms with Crippen LogP contribution in [0, 0.1) is 23.7 Å². The fourth-order valence-corrected chi connectivity index (χ4v) is 6.85. The Morgan fingerprint density at radius 1 is 1.14 bits per heavy atom. The topological polar surface area (TPSA) is 121 Å². The predicted molar refractivity (Wildman–Crippen MR) is 124 cm³/mol. The second kappa shape index (κ2) is 9.69. The highest BCUT2D eigenvalue weighted by Crippen LogP contribution is 2.66. The second-order valence-electron chi connectivity index (χ2n) is 10.3. The summed E-state index contributed by atoms with van der Waals surface area (Å²) in [5.41, 5.74) is -0.361. The van der Waals surface area contributed by atoms with Crippen molar-refractivity contribution in [2.24, 2.45) is 23.7 Å². The Hall–Kier alpha value is -2.20. The van der Waals surface area contributed by atoms with E-state index in [1.54, 1.807) is 7.11 Å². The van der Waals surface area contributed by atoms with Crippen LogP contribution in [0.5, 0.6) is 5.75 Å². The highest BCUT2D eigenvalue weighted by atomic mass is 17.3. The van der Waals surface area contributed by atoms with Gasteiger partial charge >= 0.3 is 11.9 Å². The number of fused-ring (bicyclic) bond motifs is 3. The summed E-state index contributed by atoms with van der Waals surface area (Å²) in [6.45, 7) is 6.85. The SMILES string of the molecule is CCOc1cccc(C2(OC)OOC23C(C)CC2(OCCC(C(=O)O)C(=O)O)CC(C)CC3C2)c1. The van der Waals surface area contributed by atoms with Crippen LogP contribution in [-0.4, -0.2) is 53.7 Å². The molecule has 2 bridgehead atoms. The molecule has 9 heteroatoms. The summed E-state index contributed by atoms with van der Waals surface area (Å²) in [6, 6.07) is 7.72. The molecule has 4 rings (SSSR count). The molecule has 0 amide bonds. The van der Waals surface area contributed by atoms with Gasteiger partial charge in [0.05, 0.1) is 12.2 Å². The molecule has 9 nitrogen and oxygen atoms in total. The molecule has 1 spiro atoms. The first kappa shape index (κ1) is 25.9. The summed E-state index contributed by atoms with van der Waals surface area (Å²) in [7, 11) is 1.63. The maximum Gasteiger partial charge on any atom is 0.317 e. The first-order valence-electron chi connectivity index (χ1n) is 12.4. The molecule has 6 unspecified atom stereocenters. The van der Waals surface area contributed by atoms with Crippen LogP contribution in [0.15, 0.2) is 24.3 Å². The predicted octanol–water partition coefficient (Wildman–Crippen LogP) is 3.99. The maximum absolute atomic E-state index is 11.3. The zero-order chi connectivity index (χ0) is 25.4. The number of aliphatic carboxylic acids is 2. The molecular weight excluding hydrogens is 456 g/mol. The molecule has 3 fully saturated rings. The highest BCUT2D eigenvalue weighted by molar-refractivity contribution is 5.92. The molecule has 0 aromatic heterocycles. The third-order valence-electron chi connectivity index (χ3n) is 8.08. The lowest BCUT2D eigenvalue weighted by Crippen LogP contribution is -2.76. The van der Waals surface area contributed by atoms with Gasteiger partial charge in [-0.15, -0.1) is 0 Å². The molecule has 1 aromatic carbocycles. The largest absolute Gasteiger partial charge is 0.494 e. The number of carbonyl (C=O) groups is 2. The van der Waals surface area contributed by atoms with Crippen LogP contribution in [0.3, 0.4) is 0 Å².